The van der Waals surface area contributed by atoms with Crippen LogP contribution < -0.4 is 10.1 Å². The highest BCUT2D eigenvalue weighted by Crippen LogP contribution is 2.22. The van der Waals surface area contributed by atoms with E-state index < -0.39 is 0 Å². The second-order valence-corrected chi connectivity index (χ2v) is 5.89. The van der Waals surface area contributed by atoms with Gasteiger partial charge in [0.15, 0.2) is 0 Å². The maximum absolute atomic E-state index is 5.82. The van der Waals surface area contributed by atoms with Gasteiger partial charge in [-0.25, -0.2) is 0 Å². The molecule has 1 aliphatic heterocycles. The molecule has 3 unspecified atom stereocenters. The number of rotatable bonds is 7. The van der Waals surface area contributed by atoms with Gasteiger partial charge < -0.3 is 14.8 Å². The molecule has 0 amide bonds. The van der Waals surface area contributed by atoms with Crippen LogP contribution in [0.3, 0.4) is 0 Å². The molecule has 3 atom stereocenters. The maximum atomic E-state index is 5.82. The Labute approximate surface area is 129 Å². The average Bonchev–Trinajstić information content (AvgIpc) is 2.49. The lowest BCUT2D eigenvalue weighted by Gasteiger charge is -2.32. The van der Waals surface area contributed by atoms with Gasteiger partial charge >= 0.3 is 0 Å². The van der Waals surface area contributed by atoms with Gasteiger partial charge in [-0.2, -0.15) is 0 Å². The van der Waals surface area contributed by atoms with Gasteiger partial charge in [0.2, 0.25) is 0 Å². The predicted molar refractivity (Wildman–Crippen MR) is 86.8 cm³/mol. The quantitative estimate of drug-likeness (QED) is 0.821. The van der Waals surface area contributed by atoms with Crippen molar-refractivity contribution >= 4 is 0 Å². The van der Waals surface area contributed by atoms with Gasteiger partial charge in [-0.05, 0) is 50.8 Å². The van der Waals surface area contributed by atoms with Gasteiger partial charge in [0.25, 0.3) is 0 Å². The van der Waals surface area contributed by atoms with Gasteiger partial charge in [0, 0.05) is 18.7 Å². The molecule has 0 saturated carbocycles. The lowest BCUT2D eigenvalue weighted by Crippen LogP contribution is -2.40. The summed E-state index contributed by atoms with van der Waals surface area (Å²) in [7, 11) is 0. The van der Waals surface area contributed by atoms with E-state index in [0.29, 0.717) is 24.8 Å². The van der Waals surface area contributed by atoms with Crippen molar-refractivity contribution in [3.8, 4) is 5.75 Å². The summed E-state index contributed by atoms with van der Waals surface area (Å²) in [6.07, 6.45) is 5.06. The van der Waals surface area contributed by atoms with Crippen molar-refractivity contribution in [3.63, 3.8) is 0 Å². The van der Waals surface area contributed by atoms with Gasteiger partial charge in [0.05, 0.1) is 12.7 Å². The van der Waals surface area contributed by atoms with Crippen LogP contribution in [-0.4, -0.2) is 25.4 Å². The van der Waals surface area contributed by atoms with Crippen LogP contribution >= 0.6 is 0 Å². The monoisotopic (exact) mass is 291 g/mol. The van der Waals surface area contributed by atoms with Crippen LogP contribution in [0.1, 0.15) is 58.1 Å². The van der Waals surface area contributed by atoms with E-state index in [1.54, 1.807) is 0 Å². The van der Waals surface area contributed by atoms with E-state index >= 15 is 0 Å². The lowest BCUT2D eigenvalue weighted by atomic mass is 9.98. The minimum Gasteiger partial charge on any atom is -0.494 e. The van der Waals surface area contributed by atoms with Crippen LogP contribution in [0.15, 0.2) is 24.3 Å². The third kappa shape index (κ3) is 5.01. The van der Waals surface area contributed by atoms with Crippen molar-refractivity contribution in [1.29, 1.82) is 0 Å². The first kappa shape index (κ1) is 16.3. The summed E-state index contributed by atoms with van der Waals surface area (Å²) < 4.78 is 11.3. The van der Waals surface area contributed by atoms with E-state index in [0.717, 1.165) is 25.2 Å². The molecule has 1 aliphatic rings. The molecule has 0 spiro atoms. The predicted octanol–water partition coefficient (Wildman–Crippen LogP) is 4.08. The van der Waals surface area contributed by atoms with E-state index in [1.165, 1.54) is 18.4 Å². The van der Waals surface area contributed by atoms with Crippen LogP contribution in [0.25, 0.3) is 0 Å². The Hall–Kier alpha value is -1.06. The van der Waals surface area contributed by atoms with Crippen molar-refractivity contribution in [1.82, 2.24) is 5.32 Å². The van der Waals surface area contributed by atoms with Crippen molar-refractivity contribution in [3.05, 3.63) is 29.8 Å². The molecule has 3 heteroatoms. The summed E-state index contributed by atoms with van der Waals surface area (Å²) >= 11 is 0. The minimum atomic E-state index is 0.367. The zero-order valence-electron chi connectivity index (χ0n) is 13.6. The van der Waals surface area contributed by atoms with Crippen molar-refractivity contribution < 1.29 is 9.47 Å². The van der Waals surface area contributed by atoms with Crippen LogP contribution in [0.4, 0.5) is 0 Å². The van der Waals surface area contributed by atoms with E-state index in [2.05, 4.69) is 43.4 Å². The van der Waals surface area contributed by atoms with E-state index in [4.69, 9.17) is 9.47 Å². The molecule has 1 aromatic carbocycles. The van der Waals surface area contributed by atoms with Crippen molar-refractivity contribution in [2.24, 2.45) is 0 Å². The molecule has 0 aromatic heterocycles. The fourth-order valence-corrected chi connectivity index (χ4v) is 3.02. The van der Waals surface area contributed by atoms with E-state index in [1.807, 2.05) is 6.92 Å². The third-order valence-corrected chi connectivity index (χ3v) is 4.15. The molecular formula is C18H29NO2. The molecule has 1 fully saturated rings. The Balaban J connectivity index is 1.86. The normalized spacial score (nSPS) is 23.8. The fourth-order valence-electron chi connectivity index (χ4n) is 3.02. The molecular weight excluding hydrogens is 262 g/mol. The number of nitrogens with one attached hydrogen (secondary N) is 1. The Kier molecular flexibility index (Phi) is 6.52. The average molecular weight is 291 g/mol. The van der Waals surface area contributed by atoms with Crippen molar-refractivity contribution in [2.75, 3.05) is 13.2 Å². The SMILES string of the molecule is CCCC1CC(NC(C)c2ccc(OCC)cc2)CCO1. The second kappa shape index (κ2) is 8.40. The number of benzene rings is 1. The van der Waals surface area contributed by atoms with Gasteiger partial charge in [0.1, 0.15) is 5.75 Å². The van der Waals surface area contributed by atoms with Crippen molar-refractivity contribution in [2.45, 2.75) is 64.6 Å². The van der Waals surface area contributed by atoms with Crippen LogP contribution in [-0.2, 0) is 4.74 Å². The molecule has 0 aliphatic carbocycles. The number of hydrogen-bond donors (Lipinski definition) is 1. The highest BCUT2D eigenvalue weighted by Gasteiger charge is 2.23. The summed E-state index contributed by atoms with van der Waals surface area (Å²) in [4.78, 5) is 0. The molecule has 1 N–H and O–H groups in total. The van der Waals surface area contributed by atoms with Gasteiger partial charge in [-0.3, -0.25) is 0 Å². The summed E-state index contributed by atoms with van der Waals surface area (Å²) in [5.41, 5.74) is 1.32. The van der Waals surface area contributed by atoms with Gasteiger partial charge in [-0.15, -0.1) is 0 Å². The zero-order valence-corrected chi connectivity index (χ0v) is 13.6. The van der Waals surface area contributed by atoms with E-state index in [9.17, 15) is 0 Å². The first-order valence-corrected chi connectivity index (χ1v) is 8.33. The molecule has 0 bridgehead atoms. The second-order valence-electron chi connectivity index (χ2n) is 5.89. The standard InChI is InChI=1S/C18H29NO2/c1-4-6-18-13-16(11-12-21-18)19-14(3)15-7-9-17(10-8-15)20-5-2/h7-10,14,16,18-19H,4-6,11-13H2,1-3H3. The highest BCUT2D eigenvalue weighted by atomic mass is 16.5. The first-order valence-electron chi connectivity index (χ1n) is 8.33. The molecule has 3 nitrogen and oxygen atoms in total. The summed E-state index contributed by atoms with van der Waals surface area (Å²) in [5, 5.41) is 3.75. The molecule has 2 rings (SSSR count). The Morgan fingerprint density at radius 3 is 2.71 bits per heavy atom. The highest BCUT2D eigenvalue weighted by molar-refractivity contribution is 5.29. The summed E-state index contributed by atoms with van der Waals surface area (Å²) in [5.74, 6) is 0.947. The Morgan fingerprint density at radius 2 is 2.05 bits per heavy atom. The summed E-state index contributed by atoms with van der Waals surface area (Å²) in [6, 6.07) is 9.36. The van der Waals surface area contributed by atoms with E-state index in [-0.39, 0.29) is 0 Å². The van der Waals surface area contributed by atoms with Gasteiger partial charge in [-0.1, -0.05) is 25.5 Å². The first-order chi connectivity index (χ1) is 10.2. The van der Waals surface area contributed by atoms with Crippen LogP contribution in [0.2, 0.25) is 0 Å². The largest absolute Gasteiger partial charge is 0.494 e. The molecule has 21 heavy (non-hydrogen) atoms. The smallest absolute Gasteiger partial charge is 0.119 e. The Bertz CT molecular complexity index is 402. The number of ether oxygens (including phenoxy) is 2. The zero-order chi connectivity index (χ0) is 15.1. The maximum Gasteiger partial charge on any atom is 0.119 e. The molecule has 1 aromatic rings. The fraction of sp³-hybridized carbons (Fsp3) is 0.667. The minimum absolute atomic E-state index is 0.367. The molecule has 1 heterocycles. The summed E-state index contributed by atoms with van der Waals surface area (Å²) in [6.45, 7) is 8.07. The van der Waals surface area contributed by atoms with Crippen LogP contribution in [0.5, 0.6) is 5.75 Å². The lowest BCUT2D eigenvalue weighted by molar-refractivity contribution is -0.00472. The third-order valence-electron chi connectivity index (χ3n) is 4.15. The molecule has 118 valence electrons. The molecule has 1 saturated heterocycles. The number of hydrogen-bond acceptors (Lipinski definition) is 3. The Morgan fingerprint density at radius 1 is 1.29 bits per heavy atom. The topological polar surface area (TPSA) is 30.5 Å². The molecule has 0 radical (unpaired) electrons. The van der Waals surface area contributed by atoms with Crippen LogP contribution in [0, 0.1) is 0 Å².